The van der Waals surface area contributed by atoms with Gasteiger partial charge in [-0.05, 0) is 42.2 Å². The summed E-state index contributed by atoms with van der Waals surface area (Å²) in [5, 5.41) is 10.5. The molecule has 2 aromatic carbocycles. The monoisotopic (exact) mass is 772 g/mol. The van der Waals surface area contributed by atoms with Crippen molar-refractivity contribution in [3.8, 4) is 0 Å². The van der Waals surface area contributed by atoms with E-state index in [1.807, 2.05) is 44.2 Å². The van der Waals surface area contributed by atoms with Crippen molar-refractivity contribution in [1.29, 1.82) is 0 Å². The second-order valence-corrected chi connectivity index (χ2v) is 17.3. The van der Waals surface area contributed by atoms with E-state index in [0.717, 1.165) is 14.2 Å². The number of anilines is 1. The van der Waals surface area contributed by atoms with Crippen LogP contribution in [0.3, 0.4) is 0 Å². The minimum Gasteiger partial charge on any atom is -0.446 e. The molecule has 3 heterocycles. The van der Waals surface area contributed by atoms with Crippen LogP contribution in [0.25, 0.3) is 0 Å². The average Bonchev–Trinajstić information content (AvgIpc) is 3.79. The topological polar surface area (TPSA) is 213 Å². The fourth-order valence-electron chi connectivity index (χ4n) is 5.23. The number of hydrogen-bond donors (Lipinski definition) is 4. The standard InChI is InChI=1S/C33H40N8O8S3/c1-21(2)16-26-33-38-28(20-50-33)30(43)34-14-15-41(51(45,46)24-12-10-23(11-13-24)39-52(47,48)40(3)4)18-29(42)35-25(17-22-8-6-5-7-9-22)32-37-27(19-49-32)31(44)36-26/h5-13,19-21,25-26,39H,14-18H2,1-4H3,(H,34,43)(H,35,42)(H,36,44)/t25-,26-/m0/s1. The van der Waals surface area contributed by atoms with Gasteiger partial charge in [-0.1, -0.05) is 44.2 Å². The Kier molecular flexibility index (Phi) is 12.1. The maximum absolute atomic E-state index is 14.0. The van der Waals surface area contributed by atoms with Gasteiger partial charge >= 0.3 is 10.2 Å². The summed E-state index contributed by atoms with van der Waals surface area (Å²) in [5.41, 5.74) is 0.984. The zero-order chi connectivity index (χ0) is 37.6. The summed E-state index contributed by atoms with van der Waals surface area (Å²) in [7, 11) is -5.54. The molecule has 4 aromatic rings. The van der Waals surface area contributed by atoms with Crippen molar-refractivity contribution in [3.63, 3.8) is 0 Å². The minimum absolute atomic E-state index is 0.0350. The Labute approximate surface area is 306 Å². The highest BCUT2D eigenvalue weighted by molar-refractivity contribution is 7.90. The van der Waals surface area contributed by atoms with Gasteiger partial charge in [0.25, 0.3) is 11.8 Å². The first-order valence-electron chi connectivity index (χ1n) is 16.3. The molecule has 0 saturated heterocycles. The van der Waals surface area contributed by atoms with E-state index in [0.29, 0.717) is 11.4 Å². The molecule has 1 aliphatic heterocycles. The second kappa shape index (κ2) is 16.3. The third kappa shape index (κ3) is 9.59. The number of fused-ring (bicyclic) bond motifs is 4. The lowest BCUT2D eigenvalue weighted by Crippen LogP contribution is -2.45. The zero-order valence-electron chi connectivity index (χ0n) is 28.9. The minimum atomic E-state index is -4.38. The van der Waals surface area contributed by atoms with Crippen molar-refractivity contribution in [1.82, 2.24) is 34.5 Å². The Balaban J connectivity index is 1.49. The number of carbonyl (C=O) groups is 3. The predicted octanol–water partition coefficient (Wildman–Crippen LogP) is 2.70. The van der Waals surface area contributed by atoms with E-state index in [-0.39, 0.29) is 53.3 Å². The Morgan fingerprint density at radius 2 is 1.65 bits per heavy atom. The fourth-order valence-corrected chi connectivity index (χ4v) is 8.11. The smallest absolute Gasteiger partial charge is 0.301 e. The van der Waals surface area contributed by atoms with Gasteiger partial charge in [-0.2, -0.15) is 17.0 Å². The number of hydrogen-bond acceptors (Lipinski definition) is 11. The van der Waals surface area contributed by atoms with Crippen molar-refractivity contribution >= 4 is 55.0 Å². The van der Waals surface area contributed by atoms with E-state index in [1.165, 1.54) is 56.0 Å². The van der Waals surface area contributed by atoms with Crippen LogP contribution in [-0.2, 0) is 31.4 Å². The third-order valence-corrected chi connectivity index (χ3v) is 12.2. The zero-order valence-corrected chi connectivity index (χ0v) is 31.3. The summed E-state index contributed by atoms with van der Waals surface area (Å²) in [4.78, 5) is 48.9. The number of amides is 3. The fraction of sp³-hybridized carbons (Fsp3) is 0.364. The summed E-state index contributed by atoms with van der Waals surface area (Å²) in [6.45, 7) is 2.84. The normalized spacial score (nSPS) is 18.3. The Morgan fingerprint density at radius 1 is 0.942 bits per heavy atom. The first kappa shape index (κ1) is 38.5. The van der Waals surface area contributed by atoms with Gasteiger partial charge in [-0.25, -0.2) is 18.4 Å². The van der Waals surface area contributed by atoms with Gasteiger partial charge in [-0.3, -0.25) is 19.1 Å². The summed E-state index contributed by atoms with van der Waals surface area (Å²) in [6.07, 6.45) is 1.92. The van der Waals surface area contributed by atoms with Crippen molar-refractivity contribution in [2.45, 2.75) is 43.7 Å². The van der Waals surface area contributed by atoms with Crippen LogP contribution in [0.1, 0.15) is 69.8 Å². The highest BCUT2D eigenvalue weighted by atomic mass is 32.2. The van der Waals surface area contributed by atoms with Gasteiger partial charge in [0.15, 0.2) is 5.69 Å². The largest absolute Gasteiger partial charge is 0.446 e. The molecular formula is C33H40N8O8S3. The number of oxazole rings is 1. The van der Waals surface area contributed by atoms with Crippen molar-refractivity contribution in [2.75, 3.05) is 38.5 Å². The molecule has 2 aromatic heterocycles. The summed E-state index contributed by atoms with van der Waals surface area (Å²) in [6, 6.07) is 12.7. The molecule has 0 fully saturated rings. The molecule has 278 valence electrons. The van der Waals surface area contributed by atoms with Crippen LogP contribution in [-0.4, -0.2) is 86.9 Å². The first-order chi connectivity index (χ1) is 24.6. The van der Waals surface area contributed by atoms with Crippen LogP contribution in [0.2, 0.25) is 0 Å². The summed E-state index contributed by atoms with van der Waals surface area (Å²) >= 11 is 1.20. The number of aromatic nitrogens is 2. The highest BCUT2D eigenvalue weighted by Crippen LogP contribution is 2.26. The van der Waals surface area contributed by atoms with E-state index in [1.54, 1.807) is 5.38 Å². The van der Waals surface area contributed by atoms with E-state index < -0.39 is 56.6 Å². The molecule has 3 amide bonds. The van der Waals surface area contributed by atoms with Crippen molar-refractivity contribution in [2.24, 2.45) is 5.92 Å². The van der Waals surface area contributed by atoms with E-state index in [4.69, 9.17) is 4.42 Å². The summed E-state index contributed by atoms with van der Waals surface area (Å²) in [5.74, 6) is -1.61. The van der Waals surface area contributed by atoms with E-state index in [9.17, 15) is 31.2 Å². The van der Waals surface area contributed by atoms with Crippen molar-refractivity contribution in [3.05, 3.63) is 94.1 Å². The Morgan fingerprint density at radius 3 is 2.33 bits per heavy atom. The molecule has 19 heteroatoms. The number of rotatable bonds is 9. The van der Waals surface area contributed by atoms with Crippen LogP contribution >= 0.6 is 11.3 Å². The number of thiazole rings is 1. The molecule has 0 saturated carbocycles. The Bertz CT molecular complexity index is 2100. The molecule has 52 heavy (non-hydrogen) atoms. The van der Waals surface area contributed by atoms with Crippen LogP contribution in [0.5, 0.6) is 0 Å². The molecule has 2 atom stereocenters. The number of nitrogens with one attached hydrogen (secondary N) is 4. The first-order valence-corrected chi connectivity index (χ1v) is 20.0. The molecule has 4 N–H and O–H groups in total. The SMILES string of the molecule is CC(C)C[C@@H]1NC(=O)c2coc(n2)[C@H](Cc2ccccc2)NC(=O)CN(S(=O)(=O)c2ccc(NS(=O)(=O)N(C)C)cc2)CCNC(=O)c2csc1n2. The lowest BCUT2D eigenvalue weighted by atomic mass is 10.0. The van der Waals surface area contributed by atoms with Crippen LogP contribution in [0.4, 0.5) is 5.69 Å². The average molecular weight is 773 g/mol. The van der Waals surface area contributed by atoms with Gasteiger partial charge in [0, 0.05) is 44.7 Å². The van der Waals surface area contributed by atoms with Crippen LogP contribution in [0, 0.1) is 5.92 Å². The molecule has 4 bridgehead atoms. The lowest BCUT2D eigenvalue weighted by molar-refractivity contribution is -0.122. The van der Waals surface area contributed by atoms with Gasteiger partial charge in [-0.15, -0.1) is 11.3 Å². The van der Waals surface area contributed by atoms with Gasteiger partial charge < -0.3 is 20.4 Å². The number of nitrogens with zero attached hydrogens (tertiary/aromatic N) is 4. The quantitative estimate of drug-likeness (QED) is 0.195. The molecule has 0 aliphatic carbocycles. The predicted molar refractivity (Wildman–Crippen MR) is 193 cm³/mol. The second-order valence-electron chi connectivity index (χ2n) is 12.6. The van der Waals surface area contributed by atoms with Gasteiger partial charge in [0.1, 0.15) is 23.0 Å². The molecule has 0 radical (unpaired) electrons. The molecular weight excluding hydrogens is 733 g/mol. The maximum Gasteiger partial charge on any atom is 0.301 e. The van der Waals surface area contributed by atoms with Crippen LogP contribution in [0.15, 0.2) is 75.6 Å². The van der Waals surface area contributed by atoms with Crippen LogP contribution < -0.4 is 20.7 Å². The van der Waals surface area contributed by atoms with E-state index in [2.05, 4.69) is 30.6 Å². The van der Waals surface area contributed by atoms with Gasteiger partial charge in [0.05, 0.1) is 17.5 Å². The summed E-state index contributed by atoms with van der Waals surface area (Å²) < 4.78 is 62.4. The van der Waals surface area contributed by atoms with Gasteiger partial charge in [0.2, 0.25) is 21.8 Å². The molecule has 5 rings (SSSR count). The lowest BCUT2D eigenvalue weighted by Gasteiger charge is -2.24. The number of benzene rings is 2. The third-order valence-electron chi connectivity index (χ3n) is 7.92. The maximum atomic E-state index is 14.0. The number of sulfonamides is 1. The Hall–Kier alpha value is -4.69. The molecule has 0 unspecified atom stereocenters. The molecule has 16 nitrogen and oxygen atoms in total. The van der Waals surface area contributed by atoms with Crippen molar-refractivity contribution < 1.29 is 35.6 Å². The molecule has 1 aliphatic rings. The number of carbonyl (C=O) groups excluding carboxylic acids is 3. The molecule has 0 spiro atoms. The van der Waals surface area contributed by atoms with E-state index >= 15 is 0 Å². The highest BCUT2D eigenvalue weighted by Gasteiger charge is 2.31.